The van der Waals surface area contributed by atoms with E-state index in [0.717, 1.165) is 17.0 Å². The van der Waals surface area contributed by atoms with E-state index in [4.69, 9.17) is 11.6 Å². The summed E-state index contributed by atoms with van der Waals surface area (Å²) in [5.74, 6) is -1.53. The molecule has 106 valence electrons. The van der Waals surface area contributed by atoms with Gasteiger partial charge in [0.15, 0.2) is 0 Å². The van der Waals surface area contributed by atoms with E-state index >= 15 is 0 Å². The van der Waals surface area contributed by atoms with Gasteiger partial charge in [0.25, 0.3) is 0 Å². The minimum atomic E-state index is -0.827. The molecule has 2 N–H and O–H groups in total. The molecule has 0 aliphatic carbocycles. The molecule has 0 radical (unpaired) electrons. The fourth-order valence-electron chi connectivity index (χ4n) is 1.58. The number of hydrogen-bond acceptors (Lipinski definition) is 2. The molecule has 0 unspecified atom stereocenters. The zero-order valence-corrected chi connectivity index (χ0v) is 12.0. The molecule has 0 bridgehead atoms. The quantitative estimate of drug-likeness (QED) is 0.856. The van der Waals surface area contributed by atoms with E-state index in [1.54, 1.807) is 19.1 Å². The van der Waals surface area contributed by atoms with E-state index in [0.29, 0.717) is 10.4 Å². The maximum Gasteiger partial charge on any atom is 0.319 e. The lowest BCUT2D eigenvalue weighted by Crippen LogP contribution is -2.31. The Morgan fingerprint density at radius 1 is 1.30 bits per heavy atom. The van der Waals surface area contributed by atoms with E-state index in [2.05, 4.69) is 10.6 Å². The zero-order valence-electron chi connectivity index (χ0n) is 10.4. The average molecular weight is 317 g/mol. The van der Waals surface area contributed by atoms with Crippen molar-refractivity contribution >= 4 is 34.7 Å². The highest BCUT2D eigenvalue weighted by atomic mass is 35.5. The van der Waals surface area contributed by atoms with Crippen LogP contribution in [-0.4, -0.2) is 6.03 Å². The first kappa shape index (κ1) is 14.7. The summed E-state index contributed by atoms with van der Waals surface area (Å²) in [6.45, 7) is 1.78. The van der Waals surface area contributed by atoms with Gasteiger partial charge in [0, 0.05) is 10.9 Å². The second-order valence-electron chi connectivity index (χ2n) is 4.09. The highest BCUT2D eigenvalue weighted by Crippen LogP contribution is 2.26. The van der Waals surface area contributed by atoms with E-state index in [1.165, 1.54) is 11.3 Å². The number of carbonyl (C=O) groups is 1. The molecule has 0 aliphatic heterocycles. The highest BCUT2D eigenvalue weighted by molar-refractivity contribution is 7.16. The number of thiophene rings is 1. The summed E-state index contributed by atoms with van der Waals surface area (Å²) in [5.41, 5.74) is -0.0830. The number of hydrogen-bond donors (Lipinski definition) is 2. The Hall–Kier alpha value is -1.66. The Balaban J connectivity index is 1.98. The molecule has 2 rings (SSSR count). The van der Waals surface area contributed by atoms with Crippen molar-refractivity contribution in [2.24, 2.45) is 0 Å². The van der Waals surface area contributed by atoms with Crippen molar-refractivity contribution in [2.45, 2.75) is 13.0 Å². The van der Waals surface area contributed by atoms with Gasteiger partial charge in [0.2, 0.25) is 0 Å². The molecule has 1 aromatic heterocycles. The molecule has 0 saturated heterocycles. The summed E-state index contributed by atoms with van der Waals surface area (Å²) in [6.07, 6.45) is 0. The third kappa shape index (κ3) is 3.68. The largest absolute Gasteiger partial charge is 0.331 e. The molecule has 0 aliphatic rings. The van der Waals surface area contributed by atoms with Gasteiger partial charge in [-0.1, -0.05) is 11.6 Å². The van der Waals surface area contributed by atoms with E-state index in [9.17, 15) is 13.6 Å². The molecule has 2 aromatic rings. The summed E-state index contributed by atoms with van der Waals surface area (Å²) in [5, 5.41) is 4.97. The van der Waals surface area contributed by atoms with Gasteiger partial charge in [-0.05, 0) is 31.2 Å². The Labute approximate surface area is 123 Å². The van der Waals surface area contributed by atoms with Gasteiger partial charge in [0.05, 0.1) is 16.1 Å². The van der Waals surface area contributed by atoms with E-state index in [-0.39, 0.29) is 11.7 Å². The standard InChI is InChI=1S/C13H11ClF2N2OS/c1-7(11-4-5-12(14)20-11)17-13(19)18-10-3-2-8(15)6-9(10)16/h2-7H,1H3,(H2,17,18,19)/t7-/m0/s1. The predicted octanol–water partition coefficient (Wildman–Crippen LogP) is 4.56. The lowest BCUT2D eigenvalue weighted by Gasteiger charge is -2.13. The second-order valence-corrected chi connectivity index (χ2v) is 5.83. The number of amides is 2. The summed E-state index contributed by atoms with van der Waals surface area (Å²) in [6, 6.07) is 5.63. The van der Waals surface area contributed by atoms with Crippen LogP contribution in [0.4, 0.5) is 19.3 Å². The fourth-order valence-corrected chi connectivity index (χ4v) is 2.64. The van der Waals surface area contributed by atoms with Crippen LogP contribution >= 0.6 is 22.9 Å². The number of nitrogens with one attached hydrogen (secondary N) is 2. The second kappa shape index (κ2) is 6.19. The van der Waals surface area contributed by atoms with Crippen LogP contribution in [0.15, 0.2) is 30.3 Å². The van der Waals surface area contributed by atoms with Crippen molar-refractivity contribution in [2.75, 3.05) is 5.32 Å². The average Bonchev–Trinajstić information content (AvgIpc) is 2.79. The molecular weight excluding hydrogens is 306 g/mol. The Morgan fingerprint density at radius 2 is 2.05 bits per heavy atom. The maximum absolute atomic E-state index is 13.4. The third-order valence-corrected chi connectivity index (χ3v) is 3.96. The maximum atomic E-state index is 13.4. The van der Waals surface area contributed by atoms with Gasteiger partial charge in [-0.15, -0.1) is 11.3 Å². The number of benzene rings is 1. The predicted molar refractivity (Wildman–Crippen MR) is 76.3 cm³/mol. The lowest BCUT2D eigenvalue weighted by molar-refractivity contribution is 0.249. The number of anilines is 1. The van der Waals surface area contributed by atoms with E-state index in [1.807, 2.05) is 0 Å². The van der Waals surface area contributed by atoms with Gasteiger partial charge in [-0.25, -0.2) is 13.6 Å². The van der Waals surface area contributed by atoms with Crippen LogP contribution in [0.2, 0.25) is 4.34 Å². The van der Waals surface area contributed by atoms with Crippen LogP contribution in [0.25, 0.3) is 0 Å². The molecular formula is C13H11ClF2N2OS. The molecule has 3 nitrogen and oxygen atoms in total. The van der Waals surface area contributed by atoms with Crippen molar-refractivity contribution in [1.29, 1.82) is 0 Å². The first-order valence-electron chi connectivity index (χ1n) is 5.73. The summed E-state index contributed by atoms with van der Waals surface area (Å²) in [4.78, 5) is 12.6. The Kier molecular flexibility index (Phi) is 4.57. The first-order valence-corrected chi connectivity index (χ1v) is 6.93. The van der Waals surface area contributed by atoms with Crippen molar-refractivity contribution in [1.82, 2.24) is 5.32 Å². The molecule has 2 amide bonds. The smallest absolute Gasteiger partial charge is 0.319 e. The van der Waals surface area contributed by atoms with Gasteiger partial charge in [-0.2, -0.15) is 0 Å². The number of halogens is 3. The number of carbonyl (C=O) groups excluding carboxylic acids is 1. The molecule has 0 spiro atoms. The van der Waals surface area contributed by atoms with Crippen molar-refractivity contribution in [3.8, 4) is 0 Å². The van der Waals surface area contributed by atoms with Gasteiger partial charge in [-0.3, -0.25) is 0 Å². The molecule has 0 saturated carbocycles. The van der Waals surface area contributed by atoms with Crippen molar-refractivity contribution in [3.63, 3.8) is 0 Å². The van der Waals surface area contributed by atoms with E-state index < -0.39 is 17.7 Å². The van der Waals surface area contributed by atoms with Crippen LogP contribution < -0.4 is 10.6 Å². The minimum absolute atomic E-state index is 0.0830. The first-order chi connectivity index (χ1) is 9.45. The van der Waals surface area contributed by atoms with Crippen LogP contribution in [0.3, 0.4) is 0 Å². The van der Waals surface area contributed by atoms with Crippen LogP contribution in [0.1, 0.15) is 17.8 Å². The molecule has 20 heavy (non-hydrogen) atoms. The highest BCUT2D eigenvalue weighted by Gasteiger charge is 2.13. The molecule has 1 aromatic carbocycles. The van der Waals surface area contributed by atoms with Crippen molar-refractivity contribution < 1.29 is 13.6 Å². The third-order valence-electron chi connectivity index (χ3n) is 2.55. The molecule has 1 heterocycles. The lowest BCUT2D eigenvalue weighted by atomic mass is 10.3. The topological polar surface area (TPSA) is 41.1 Å². The van der Waals surface area contributed by atoms with Crippen molar-refractivity contribution in [3.05, 3.63) is 51.2 Å². The minimum Gasteiger partial charge on any atom is -0.331 e. The Bertz CT molecular complexity index is 633. The molecule has 1 atom stereocenters. The Morgan fingerprint density at radius 3 is 2.65 bits per heavy atom. The summed E-state index contributed by atoms with van der Waals surface area (Å²) < 4.78 is 26.7. The number of urea groups is 1. The molecule has 7 heteroatoms. The SMILES string of the molecule is C[C@H](NC(=O)Nc1ccc(F)cc1F)c1ccc(Cl)s1. The van der Waals surface area contributed by atoms with Crippen LogP contribution in [0, 0.1) is 11.6 Å². The fraction of sp³-hybridized carbons (Fsp3) is 0.154. The van der Waals surface area contributed by atoms with Gasteiger partial charge < -0.3 is 10.6 Å². The van der Waals surface area contributed by atoms with Crippen LogP contribution in [0.5, 0.6) is 0 Å². The summed E-state index contributed by atoms with van der Waals surface area (Å²) >= 11 is 7.16. The van der Waals surface area contributed by atoms with Crippen LogP contribution in [-0.2, 0) is 0 Å². The van der Waals surface area contributed by atoms with Gasteiger partial charge >= 0.3 is 6.03 Å². The summed E-state index contributed by atoms with van der Waals surface area (Å²) in [7, 11) is 0. The van der Waals surface area contributed by atoms with Gasteiger partial charge in [0.1, 0.15) is 11.6 Å². The monoisotopic (exact) mass is 316 g/mol. The number of rotatable bonds is 3. The normalized spacial score (nSPS) is 12.0. The zero-order chi connectivity index (χ0) is 14.7. The molecule has 0 fully saturated rings.